The molecule has 0 aliphatic rings. The Kier molecular flexibility index (Phi) is 7.85. The van der Waals surface area contributed by atoms with Crippen LogP contribution in [0.2, 0.25) is 0 Å². The number of hydrogen-bond donors (Lipinski definition) is 2. The fourth-order valence-corrected chi connectivity index (χ4v) is 1.38. The van der Waals surface area contributed by atoms with E-state index in [-0.39, 0.29) is 0 Å². The van der Waals surface area contributed by atoms with Gasteiger partial charge < -0.3 is 11.5 Å². The average molecular weight is 236 g/mol. The number of anilines is 1. The summed E-state index contributed by atoms with van der Waals surface area (Å²) < 4.78 is 0. The van der Waals surface area contributed by atoms with E-state index in [0.29, 0.717) is 11.3 Å². The van der Waals surface area contributed by atoms with Crippen LogP contribution in [-0.4, -0.2) is 5.91 Å². The molecule has 1 amide bonds. The molecule has 0 aromatic heterocycles. The number of amides is 1. The first kappa shape index (κ1) is 15.5. The lowest BCUT2D eigenvalue weighted by Gasteiger charge is -2.01. The lowest BCUT2D eigenvalue weighted by molar-refractivity contribution is 0.100. The summed E-state index contributed by atoms with van der Waals surface area (Å²) in [6, 6.07) is 5.19. The predicted octanol–water partition coefficient (Wildman–Crippen LogP) is 3.26. The molecule has 0 fully saturated rings. The van der Waals surface area contributed by atoms with E-state index in [4.69, 9.17) is 11.5 Å². The smallest absolute Gasteiger partial charge is 0.250 e. The first-order valence-corrected chi connectivity index (χ1v) is 6.18. The molecular weight excluding hydrogens is 212 g/mol. The van der Waals surface area contributed by atoms with Crippen LogP contribution in [0.3, 0.4) is 0 Å². The lowest BCUT2D eigenvalue weighted by atomic mass is 10.1. The van der Waals surface area contributed by atoms with Crippen molar-refractivity contribution in [2.75, 3.05) is 5.73 Å². The maximum absolute atomic E-state index is 10.7. The first-order chi connectivity index (χ1) is 8.02. The molecule has 96 valence electrons. The van der Waals surface area contributed by atoms with Gasteiger partial charge in [0.15, 0.2) is 0 Å². The molecular formula is C14H24N2O. The van der Waals surface area contributed by atoms with Crippen LogP contribution in [0.1, 0.15) is 55.5 Å². The number of rotatable bonds is 4. The van der Waals surface area contributed by atoms with Crippen molar-refractivity contribution in [3.63, 3.8) is 0 Å². The number of carbonyl (C=O) groups excluding carboxylic acids is 1. The standard InChI is InChI=1S/C8H10N2O.C6H14/c1-5-2-3-7(9)6(4-5)8(10)11;1-3-5-6-4-2/h2-4H,9H2,1H3,(H2,10,11);3-6H2,1-2H3. The molecule has 0 atom stereocenters. The van der Waals surface area contributed by atoms with Crippen LogP contribution in [0, 0.1) is 6.92 Å². The molecule has 0 radical (unpaired) electrons. The van der Waals surface area contributed by atoms with Crippen molar-refractivity contribution in [2.24, 2.45) is 5.73 Å². The van der Waals surface area contributed by atoms with Crippen LogP contribution >= 0.6 is 0 Å². The summed E-state index contributed by atoms with van der Waals surface area (Å²) in [6.45, 7) is 6.34. The van der Waals surface area contributed by atoms with Gasteiger partial charge in [-0.05, 0) is 19.1 Å². The van der Waals surface area contributed by atoms with Crippen LogP contribution in [0.15, 0.2) is 18.2 Å². The van der Waals surface area contributed by atoms with Gasteiger partial charge in [0.25, 0.3) is 5.91 Å². The summed E-state index contributed by atoms with van der Waals surface area (Å²) in [5.41, 5.74) is 12.4. The second-order valence-electron chi connectivity index (χ2n) is 4.16. The van der Waals surface area contributed by atoms with Crippen molar-refractivity contribution < 1.29 is 4.79 Å². The van der Waals surface area contributed by atoms with Crippen molar-refractivity contribution in [3.05, 3.63) is 29.3 Å². The number of unbranched alkanes of at least 4 members (excludes halogenated alkanes) is 3. The molecule has 1 aromatic carbocycles. The normalized spacial score (nSPS) is 9.35. The molecule has 0 heterocycles. The van der Waals surface area contributed by atoms with E-state index in [2.05, 4.69) is 13.8 Å². The fourth-order valence-electron chi connectivity index (χ4n) is 1.38. The van der Waals surface area contributed by atoms with Crippen molar-refractivity contribution in [2.45, 2.75) is 46.5 Å². The van der Waals surface area contributed by atoms with Gasteiger partial charge in [-0.15, -0.1) is 0 Å². The summed E-state index contributed by atoms with van der Waals surface area (Å²) in [6.07, 6.45) is 5.54. The lowest BCUT2D eigenvalue weighted by Crippen LogP contribution is -2.13. The Morgan fingerprint density at radius 2 is 1.71 bits per heavy atom. The van der Waals surface area contributed by atoms with Gasteiger partial charge in [-0.1, -0.05) is 51.2 Å². The topological polar surface area (TPSA) is 69.1 Å². The molecule has 1 rings (SSSR count). The van der Waals surface area contributed by atoms with Crippen molar-refractivity contribution in [3.8, 4) is 0 Å². The Morgan fingerprint density at radius 3 is 2.06 bits per heavy atom. The van der Waals surface area contributed by atoms with Crippen LogP contribution < -0.4 is 11.5 Å². The molecule has 17 heavy (non-hydrogen) atoms. The number of primary amides is 1. The average Bonchev–Trinajstić information content (AvgIpc) is 2.30. The second kappa shape index (κ2) is 8.62. The third-order valence-electron chi connectivity index (χ3n) is 2.43. The summed E-state index contributed by atoms with van der Waals surface area (Å²) in [5.74, 6) is -0.480. The molecule has 3 nitrogen and oxygen atoms in total. The zero-order chi connectivity index (χ0) is 13.3. The maximum atomic E-state index is 10.7. The molecule has 0 bridgehead atoms. The Morgan fingerprint density at radius 1 is 1.18 bits per heavy atom. The highest BCUT2D eigenvalue weighted by atomic mass is 16.1. The minimum atomic E-state index is -0.480. The Hall–Kier alpha value is -1.51. The molecule has 0 saturated carbocycles. The minimum absolute atomic E-state index is 0.394. The van der Waals surface area contributed by atoms with Crippen LogP contribution in [-0.2, 0) is 0 Å². The number of nitrogen functional groups attached to an aromatic ring is 1. The number of carbonyl (C=O) groups is 1. The molecule has 3 heteroatoms. The molecule has 0 unspecified atom stereocenters. The van der Waals surface area contributed by atoms with Crippen LogP contribution in [0.5, 0.6) is 0 Å². The highest BCUT2D eigenvalue weighted by Gasteiger charge is 2.03. The molecule has 4 N–H and O–H groups in total. The van der Waals surface area contributed by atoms with E-state index < -0.39 is 5.91 Å². The van der Waals surface area contributed by atoms with E-state index in [1.165, 1.54) is 25.7 Å². The third kappa shape index (κ3) is 6.61. The predicted molar refractivity (Wildman–Crippen MR) is 73.9 cm³/mol. The number of nitrogens with two attached hydrogens (primary N) is 2. The van der Waals surface area contributed by atoms with E-state index in [1.54, 1.807) is 12.1 Å². The molecule has 0 aliphatic carbocycles. The highest BCUT2D eigenvalue weighted by molar-refractivity contribution is 5.98. The fraction of sp³-hybridized carbons (Fsp3) is 0.500. The van der Waals surface area contributed by atoms with E-state index in [9.17, 15) is 4.79 Å². The van der Waals surface area contributed by atoms with Crippen LogP contribution in [0.4, 0.5) is 5.69 Å². The van der Waals surface area contributed by atoms with Gasteiger partial charge in [-0.3, -0.25) is 4.79 Å². The quantitative estimate of drug-likeness (QED) is 0.622. The molecule has 0 spiro atoms. The van der Waals surface area contributed by atoms with Gasteiger partial charge in [0, 0.05) is 5.69 Å². The van der Waals surface area contributed by atoms with E-state index in [1.807, 2.05) is 13.0 Å². The highest BCUT2D eigenvalue weighted by Crippen LogP contribution is 2.12. The van der Waals surface area contributed by atoms with Crippen LogP contribution in [0.25, 0.3) is 0 Å². The minimum Gasteiger partial charge on any atom is -0.398 e. The van der Waals surface area contributed by atoms with Gasteiger partial charge in [0.2, 0.25) is 0 Å². The zero-order valence-electron chi connectivity index (χ0n) is 11.1. The molecule has 1 aromatic rings. The van der Waals surface area contributed by atoms with Gasteiger partial charge in [-0.25, -0.2) is 0 Å². The first-order valence-electron chi connectivity index (χ1n) is 6.18. The van der Waals surface area contributed by atoms with E-state index in [0.717, 1.165) is 5.56 Å². The molecule has 0 aliphatic heterocycles. The van der Waals surface area contributed by atoms with Crippen molar-refractivity contribution in [1.82, 2.24) is 0 Å². The Bertz CT molecular complexity index is 344. The summed E-state index contributed by atoms with van der Waals surface area (Å²) >= 11 is 0. The third-order valence-corrected chi connectivity index (χ3v) is 2.43. The van der Waals surface area contributed by atoms with Gasteiger partial charge in [-0.2, -0.15) is 0 Å². The second-order valence-corrected chi connectivity index (χ2v) is 4.16. The summed E-state index contributed by atoms with van der Waals surface area (Å²) in [7, 11) is 0. The van der Waals surface area contributed by atoms with E-state index >= 15 is 0 Å². The summed E-state index contributed by atoms with van der Waals surface area (Å²) in [4.78, 5) is 10.7. The van der Waals surface area contributed by atoms with Gasteiger partial charge in [0.1, 0.15) is 0 Å². The number of hydrogen-bond acceptors (Lipinski definition) is 2. The zero-order valence-corrected chi connectivity index (χ0v) is 11.1. The van der Waals surface area contributed by atoms with Gasteiger partial charge in [0.05, 0.1) is 5.56 Å². The SMILES string of the molecule is CCCCCC.Cc1ccc(N)c(C(N)=O)c1. The number of benzene rings is 1. The number of aryl methyl sites for hydroxylation is 1. The Labute approximate surface area is 104 Å². The maximum Gasteiger partial charge on any atom is 0.250 e. The summed E-state index contributed by atoms with van der Waals surface area (Å²) in [5, 5.41) is 0. The van der Waals surface area contributed by atoms with Crippen molar-refractivity contribution >= 4 is 11.6 Å². The molecule has 0 saturated heterocycles. The Balaban J connectivity index is 0.000000366. The van der Waals surface area contributed by atoms with Gasteiger partial charge >= 0.3 is 0 Å². The monoisotopic (exact) mass is 236 g/mol. The largest absolute Gasteiger partial charge is 0.398 e. The van der Waals surface area contributed by atoms with Crippen molar-refractivity contribution in [1.29, 1.82) is 0 Å².